The first-order valence-corrected chi connectivity index (χ1v) is 11.0. The lowest BCUT2D eigenvalue weighted by molar-refractivity contribution is -0.118. The molecule has 0 aliphatic rings. The third kappa shape index (κ3) is 4.65. The van der Waals surface area contributed by atoms with Crippen molar-refractivity contribution in [3.8, 4) is 11.4 Å². The van der Waals surface area contributed by atoms with E-state index < -0.39 is 5.97 Å². The maximum absolute atomic E-state index is 13.0. The number of methoxy groups -OCH3 is 1. The van der Waals surface area contributed by atoms with E-state index in [9.17, 15) is 9.59 Å². The van der Waals surface area contributed by atoms with Crippen molar-refractivity contribution in [3.05, 3.63) is 83.6 Å². The number of para-hydroxylation sites is 1. The van der Waals surface area contributed by atoms with Crippen molar-refractivity contribution in [2.45, 2.75) is 26.2 Å². The summed E-state index contributed by atoms with van der Waals surface area (Å²) in [5.74, 6) is -0.513. The molecule has 0 radical (unpaired) electrons. The molecule has 6 heteroatoms. The van der Waals surface area contributed by atoms with Crippen LogP contribution in [0.5, 0.6) is 0 Å². The molecule has 2 aromatic carbocycles. The predicted molar refractivity (Wildman–Crippen MR) is 130 cm³/mol. The summed E-state index contributed by atoms with van der Waals surface area (Å²) >= 11 is 0. The number of amides is 1. The Morgan fingerprint density at radius 3 is 2.61 bits per heavy atom. The summed E-state index contributed by atoms with van der Waals surface area (Å²) in [6, 6.07) is 19.2. The number of fused-ring (bicyclic) bond motifs is 1. The number of carbonyl (C=O) groups is 2. The summed E-state index contributed by atoms with van der Waals surface area (Å²) < 4.78 is 4.86. The maximum atomic E-state index is 13.0. The van der Waals surface area contributed by atoms with Gasteiger partial charge in [0.1, 0.15) is 0 Å². The minimum Gasteiger partial charge on any atom is -0.465 e. The van der Waals surface area contributed by atoms with Gasteiger partial charge in [-0.3, -0.25) is 9.78 Å². The van der Waals surface area contributed by atoms with Gasteiger partial charge in [0.25, 0.3) is 0 Å². The van der Waals surface area contributed by atoms with Crippen LogP contribution in [0.1, 0.15) is 34.3 Å². The number of hydrogen-bond donors (Lipinski definition) is 1. The molecule has 6 nitrogen and oxygen atoms in total. The van der Waals surface area contributed by atoms with Crippen molar-refractivity contribution in [2.75, 3.05) is 19.1 Å². The van der Waals surface area contributed by atoms with Crippen molar-refractivity contribution in [1.29, 1.82) is 0 Å². The Hall–Kier alpha value is -3.93. The van der Waals surface area contributed by atoms with Crippen LogP contribution in [-0.2, 0) is 16.0 Å². The Morgan fingerprint density at radius 2 is 1.85 bits per heavy atom. The second-order valence-corrected chi connectivity index (χ2v) is 8.06. The number of ether oxygens (including phenoxy) is 1. The highest BCUT2D eigenvalue weighted by Gasteiger charge is 2.19. The molecule has 0 aliphatic carbocycles. The Labute approximate surface area is 193 Å². The molecule has 0 fully saturated rings. The molecule has 0 saturated carbocycles. The molecular formula is C27H27N3O3. The zero-order valence-corrected chi connectivity index (χ0v) is 19.1. The van der Waals surface area contributed by atoms with Crippen LogP contribution >= 0.6 is 0 Å². The van der Waals surface area contributed by atoms with Gasteiger partial charge in [-0.05, 0) is 61.7 Å². The van der Waals surface area contributed by atoms with Gasteiger partial charge in [-0.25, -0.2) is 4.79 Å². The monoisotopic (exact) mass is 441 g/mol. The van der Waals surface area contributed by atoms with Crippen LogP contribution < -0.4 is 4.90 Å². The van der Waals surface area contributed by atoms with E-state index in [-0.39, 0.29) is 5.91 Å². The SMILES string of the molecule is COC(=O)c1ccccc1N(C)C(=O)CCCc1c(-c2ccccn2)[nH]c2ccc(C)cc12. The maximum Gasteiger partial charge on any atom is 0.339 e. The number of aromatic nitrogens is 2. The highest BCUT2D eigenvalue weighted by Crippen LogP contribution is 2.31. The van der Waals surface area contributed by atoms with Gasteiger partial charge in [0.05, 0.1) is 29.7 Å². The van der Waals surface area contributed by atoms with Crippen molar-refractivity contribution >= 4 is 28.5 Å². The normalized spacial score (nSPS) is 10.9. The number of carbonyl (C=O) groups excluding carboxylic acids is 2. The average molecular weight is 442 g/mol. The summed E-state index contributed by atoms with van der Waals surface area (Å²) in [5, 5.41) is 1.16. The van der Waals surface area contributed by atoms with E-state index in [1.807, 2.05) is 18.2 Å². The number of H-pyrrole nitrogens is 1. The second-order valence-electron chi connectivity index (χ2n) is 8.06. The molecule has 0 saturated heterocycles. The van der Waals surface area contributed by atoms with Gasteiger partial charge in [0.2, 0.25) is 5.91 Å². The lowest BCUT2D eigenvalue weighted by Gasteiger charge is -2.20. The van der Waals surface area contributed by atoms with E-state index in [4.69, 9.17) is 4.74 Å². The first-order valence-electron chi connectivity index (χ1n) is 11.0. The topological polar surface area (TPSA) is 75.3 Å². The van der Waals surface area contributed by atoms with Crippen molar-refractivity contribution in [3.63, 3.8) is 0 Å². The predicted octanol–water partition coefficient (Wildman–Crippen LogP) is 5.31. The van der Waals surface area contributed by atoms with Gasteiger partial charge in [-0.15, -0.1) is 0 Å². The third-order valence-corrected chi connectivity index (χ3v) is 5.84. The van der Waals surface area contributed by atoms with Crippen LogP contribution in [-0.4, -0.2) is 36.0 Å². The number of aromatic amines is 1. The van der Waals surface area contributed by atoms with E-state index in [1.54, 1.807) is 37.5 Å². The van der Waals surface area contributed by atoms with Gasteiger partial charge in [0.15, 0.2) is 0 Å². The number of nitrogens with one attached hydrogen (secondary N) is 1. The minimum absolute atomic E-state index is 0.0539. The fourth-order valence-corrected chi connectivity index (χ4v) is 4.12. The van der Waals surface area contributed by atoms with Gasteiger partial charge in [-0.1, -0.05) is 29.8 Å². The van der Waals surface area contributed by atoms with E-state index in [2.05, 4.69) is 35.1 Å². The Bertz CT molecular complexity index is 1290. The molecule has 2 heterocycles. The summed E-state index contributed by atoms with van der Waals surface area (Å²) in [4.78, 5) is 34.6. The van der Waals surface area contributed by atoms with Crippen molar-refractivity contribution < 1.29 is 14.3 Å². The number of aryl methyl sites for hydroxylation is 2. The van der Waals surface area contributed by atoms with Crippen molar-refractivity contribution in [2.24, 2.45) is 0 Å². The standard InChI is InChI=1S/C27H27N3O3/c1-18-14-15-22-21(17-18)19(26(29-22)23-11-6-7-16-28-23)10-8-13-25(31)30(2)24-12-5-4-9-20(24)27(32)33-3/h4-7,9,11-12,14-17,29H,8,10,13H2,1-3H3. The van der Waals surface area contributed by atoms with Gasteiger partial charge in [-0.2, -0.15) is 0 Å². The number of esters is 1. The van der Waals surface area contributed by atoms with E-state index in [0.29, 0.717) is 24.1 Å². The molecule has 0 bridgehead atoms. The third-order valence-electron chi connectivity index (χ3n) is 5.84. The molecule has 1 amide bonds. The highest BCUT2D eigenvalue weighted by molar-refractivity contribution is 6.02. The number of anilines is 1. The van der Waals surface area contributed by atoms with Gasteiger partial charge >= 0.3 is 5.97 Å². The summed E-state index contributed by atoms with van der Waals surface area (Å²) in [6.45, 7) is 2.08. The molecule has 33 heavy (non-hydrogen) atoms. The molecule has 1 N–H and O–H groups in total. The lowest BCUT2D eigenvalue weighted by atomic mass is 10.0. The minimum atomic E-state index is -0.459. The number of hydrogen-bond acceptors (Lipinski definition) is 4. The summed E-state index contributed by atoms with van der Waals surface area (Å²) in [5.41, 5.74) is 6.21. The van der Waals surface area contributed by atoms with Gasteiger partial charge < -0.3 is 14.6 Å². The average Bonchev–Trinajstić information content (AvgIpc) is 3.21. The van der Waals surface area contributed by atoms with Gasteiger partial charge in [0, 0.05) is 30.6 Å². The number of pyridine rings is 1. The van der Waals surface area contributed by atoms with E-state index in [0.717, 1.165) is 34.3 Å². The second kappa shape index (κ2) is 9.69. The molecule has 0 unspecified atom stereocenters. The zero-order valence-electron chi connectivity index (χ0n) is 19.1. The quantitative estimate of drug-likeness (QED) is 0.394. The van der Waals surface area contributed by atoms with Crippen LogP contribution in [0, 0.1) is 6.92 Å². The molecule has 0 atom stereocenters. The molecule has 4 rings (SSSR count). The molecule has 2 aromatic heterocycles. The highest BCUT2D eigenvalue weighted by atomic mass is 16.5. The first kappa shape index (κ1) is 22.3. The summed E-state index contributed by atoms with van der Waals surface area (Å²) in [7, 11) is 3.03. The van der Waals surface area contributed by atoms with Crippen LogP contribution in [0.4, 0.5) is 5.69 Å². The number of rotatable bonds is 7. The molecular weight excluding hydrogens is 414 g/mol. The Morgan fingerprint density at radius 1 is 1.06 bits per heavy atom. The molecule has 168 valence electrons. The largest absolute Gasteiger partial charge is 0.465 e. The number of benzene rings is 2. The summed E-state index contributed by atoms with van der Waals surface area (Å²) in [6.07, 6.45) is 3.54. The molecule has 0 aliphatic heterocycles. The number of nitrogens with zero attached hydrogens (tertiary/aromatic N) is 2. The smallest absolute Gasteiger partial charge is 0.339 e. The molecule has 4 aromatic rings. The van der Waals surface area contributed by atoms with E-state index in [1.165, 1.54) is 17.6 Å². The van der Waals surface area contributed by atoms with Crippen LogP contribution in [0.15, 0.2) is 66.9 Å². The van der Waals surface area contributed by atoms with E-state index >= 15 is 0 Å². The van der Waals surface area contributed by atoms with Crippen LogP contribution in [0.25, 0.3) is 22.3 Å². The fraction of sp³-hybridized carbons (Fsp3) is 0.222. The van der Waals surface area contributed by atoms with Crippen molar-refractivity contribution in [1.82, 2.24) is 9.97 Å². The fourth-order valence-electron chi connectivity index (χ4n) is 4.12. The van der Waals surface area contributed by atoms with Crippen LogP contribution in [0.2, 0.25) is 0 Å². The molecule has 0 spiro atoms. The Kier molecular flexibility index (Phi) is 6.54. The van der Waals surface area contributed by atoms with Crippen LogP contribution in [0.3, 0.4) is 0 Å². The zero-order chi connectivity index (χ0) is 23.4. The first-order chi connectivity index (χ1) is 16.0. The Balaban J connectivity index is 1.54. The lowest BCUT2D eigenvalue weighted by Crippen LogP contribution is -2.27.